The van der Waals surface area contributed by atoms with Gasteiger partial charge in [-0.25, -0.2) is 4.79 Å². The topological polar surface area (TPSA) is 83.6 Å². The van der Waals surface area contributed by atoms with Crippen LogP contribution in [0, 0.1) is 0 Å². The van der Waals surface area contributed by atoms with Gasteiger partial charge in [0.1, 0.15) is 6.10 Å². The van der Waals surface area contributed by atoms with Gasteiger partial charge in [-0.15, -0.1) is 12.4 Å². The highest BCUT2D eigenvalue weighted by molar-refractivity contribution is 5.89. The smallest absolute Gasteiger partial charge is 0.330 e. The first kappa shape index (κ1) is 14.4. The summed E-state index contributed by atoms with van der Waals surface area (Å²) in [5.41, 5.74) is 5.21. The monoisotopic (exact) mass is 267 g/mol. The van der Waals surface area contributed by atoms with Crippen molar-refractivity contribution in [2.75, 3.05) is 0 Å². The first-order valence-corrected chi connectivity index (χ1v) is 5.21. The van der Waals surface area contributed by atoms with Gasteiger partial charge in [0.25, 0.3) is 0 Å². The molecule has 1 aliphatic carbocycles. The predicted octanol–water partition coefficient (Wildman–Crippen LogP) is 1.20. The Bertz CT molecular complexity index is 498. The van der Waals surface area contributed by atoms with E-state index >= 15 is 0 Å². The van der Waals surface area contributed by atoms with Gasteiger partial charge < -0.3 is 15.9 Å². The highest BCUT2D eigenvalue weighted by atomic mass is 35.5. The van der Waals surface area contributed by atoms with Crippen LogP contribution >= 0.6 is 12.4 Å². The molecule has 1 aliphatic rings. The van der Waals surface area contributed by atoms with Crippen LogP contribution in [0.5, 0.6) is 0 Å². The zero-order valence-corrected chi connectivity index (χ0v) is 10.3. The lowest BCUT2D eigenvalue weighted by atomic mass is 9.81. The summed E-state index contributed by atoms with van der Waals surface area (Å²) in [6.45, 7) is 0. The number of aliphatic carboxylic acids is 1. The largest absolute Gasteiger partial charge is 0.480 e. The molecule has 0 spiro atoms. The Morgan fingerprint density at radius 1 is 1.28 bits per heavy atom. The number of carbonyl (C=O) groups is 1. The summed E-state index contributed by atoms with van der Waals surface area (Å²) < 4.78 is 0. The van der Waals surface area contributed by atoms with Gasteiger partial charge in [0, 0.05) is 0 Å². The van der Waals surface area contributed by atoms with Gasteiger partial charge in [-0.3, -0.25) is 0 Å². The number of allylic oxidation sites excluding steroid dienone is 2. The van der Waals surface area contributed by atoms with Crippen LogP contribution in [-0.4, -0.2) is 27.8 Å². The van der Waals surface area contributed by atoms with E-state index in [1.54, 1.807) is 24.3 Å². The van der Waals surface area contributed by atoms with Gasteiger partial charge in [0.15, 0.2) is 5.54 Å². The standard InChI is InChI=1S/C13H13NO3.ClH/c14-13(12(16)17)8-4-7-10(11(13)15)9-5-2-1-3-6-9;/h1-8,11,15H,14H2,(H,16,17);1H. The molecule has 4 nitrogen and oxygen atoms in total. The fourth-order valence-electron chi connectivity index (χ4n) is 1.82. The second kappa shape index (κ2) is 5.35. The average Bonchev–Trinajstić information content (AvgIpc) is 2.33. The van der Waals surface area contributed by atoms with E-state index in [1.807, 2.05) is 18.2 Å². The zero-order valence-electron chi connectivity index (χ0n) is 9.48. The first-order valence-electron chi connectivity index (χ1n) is 5.21. The maximum absolute atomic E-state index is 11.1. The van der Waals surface area contributed by atoms with Crippen LogP contribution in [0.2, 0.25) is 0 Å². The normalized spacial score (nSPS) is 26.1. The molecule has 1 aromatic rings. The van der Waals surface area contributed by atoms with E-state index in [0.29, 0.717) is 5.57 Å². The molecule has 0 radical (unpaired) electrons. The minimum atomic E-state index is -1.76. The van der Waals surface area contributed by atoms with Crippen LogP contribution in [0.4, 0.5) is 0 Å². The van der Waals surface area contributed by atoms with Crippen molar-refractivity contribution in [1.29, 1.82) is 0 Å². The van der Waals surface area contributed by atoms with Gasteiger partial charge in [-0.2, -0.15) is 0 Å². The van der Waals surface area contributed by atoms with E-state index in [4.69, 9.17) is 10.8 Å². The Labute approximate surface area is 111 Å². The van der Waals surface area contributed by atoms with E-state index in [2.05, 4.69) is 0 Å². The molecule has 0 aliphatic heterocycles. The van der Waals surface area contributed by atoms with Gasteiger partial charge in [0.2, 0.25) is 0 Å². The molecule has 5 heteroatoms. The molecule has 0 saturated heterocycles. The molecule has 0 saturated carbocycles. The Morgan fingerprint density at radius 2 is 1.89 bits per heavy atom. The maximum atomic E-state index is 11.1. The summed E-state index contributed by atoms with van der Waals surface area (Å²) in [5, 5.41) is 19.2. The van der Waals surface area contributed by atoms with E-state index in [1.165, 1.54) is 6.08 Å². The SMILES string of the molecule is Cl.NC1(C(=O)O)C=CC=C(c2ccccc2)C1O. The second-order valence-electron chi connectivity index (χ2n) is 3.99. The molecule has 0 heterocycles. The Morgan fingerprint density at radius 3 is 2.44 bits per heavy atom. The van der Waals surface area contributed by atoms with Crippen LogP contribution in [0.3, 0.4) is 0 Å². The van der Waals surface area contributed by atoms with E-state index in [-0.39, 0.29) is 12.4 Å². The molecule has 4 N–H and O–H groups in total. The fourth-order valence-corrected chi connectivity index (χ4v) is 1.82. The molecule has 2 rings (SSSR count). The van der Waals surface area contributed by atoms with Crippen molar-refractivity contribution in [2.24, 2.45) is 5.73 Å². The second-order valence-corrected chi connectivity index (χ2v) is 3.99. The van der Waals surface area contributed by atoms with Crippen LogP contribution in [-0.2, 0) is 4.79 Å². The number of aliphatic hydroxyl groups is 1. The Balaban J connectivity index is 0.00000162. The third-order valence-electron chi connectivity index (χ3n) is 2.87. The minimum absolute atomic E-state index is 0. The molecule has 0 amide bonds. The number of benzene rings is 1. The summed E-state index contributed by atoms with van der Waals surface area (Å²) in [7, 11) is 0. The summed E-state index contributed by atoms with van der Waals surface area (Å²) in [6, 6.07) is 9.09. The van der Waals surface area contributed by atoms with Crippen molar-refractivity contribution < 1.29 is 15.0 Å². The third kappa shape index (κ3) is 2.31. The van der Waals surface area contributed by atoms with Crippen molar-refractivity contribution in [3.05, 3.63) is 54.1 Å². The van der Waals surface area contributed by atoms with Crippen molar-refractivity contribution >= 4 is 23.9 Å². The molecule has 0 aromatic heterocycles. The van der Waals surface area contributed by atoms with Gasteiger partial charge in [-0.05, 0) is 11.1 Å². The molecular weight excluding hydrogens is 254 g/mol. The lowest BCUT2D eigenvalue weighted by molar-refractivity contribution is -0.144. The highest BCUT2D eigenvalue weighted by Crippen LogP contribution is 2.29. The molecule has 0 fully saturated rings. The Kier molecular flexibility index (Phi) is 4.29. The quantitative estimate of drug-likeness (QED) is 0.752. The zero-order chi connectivity index (χ0) is 12.5. The molecule has 1 aromatic carbocycles. The molecule has 2 atom stereocenters. The lowest BCUT2D eigenvalue weighted by Crippen LogP contribution is -2.56. The number of carboxylic acid groups (broad SMARTS) is 1. The minimum Gasteiger partial charge on any atom is -0.480 e. The van der Waals surface area contributed by atoms with Gasteiger partial charge >= 0.3 is 5.97 Å². The van der Waals surface area contributed by atoms with Crippen LogP contribution < -0.4 is 5.73 Å². The first-order chi connectivity index (χ1) is 8.05. The van der Waals surface area contributed by atoms with Gasteiger partial charge in [0.05, 0.1) is 0 Å². The third-order valence-corrected chi connectivity index (χ3v) is 2.87. The predicted molar refractivity (Wildman–Crippen MR) is 71.4 cm³/mol. The number of rotatable bonds is 2. The van der Waals surface area contributed by atoms with Crippen molar-refractivity contribution in [3.8, 4) is 0 Å². The molecule has 2 unspecified atom stereocenters. The molecule has 18 heavy (non-hydrogen) atoms. The molecule has 0 bridgehead atoms. The maximum Gasteiger partial charge on any atom is 0.330 e. The summed E-state index contributed by atoms with van der Waals surface area (Å²) >= 11 is 0. The number of halogens is 1. The Hall–Kier alpha value is -1.62. The van der Waals surface area contributed by atoms with E-state index in [0.717, 1.165) is 5.56 Å². The van der Waals surface area contributed by atoms with Crippen LogP contribution in [0.15, 0.2) is 48.6 Å². The summed E-state index contributed by atoms with van der Waals surface area (Å²) in [6.07, 6.45) is 3.27. The molecular formula is C13H14ClNO3. The van der Waals surface area contributed by atoms with E-state index in [9.17, 15) is 9.90 Å². The number of carboxylic acids is 1. The van der Waals surface area contributed by atoms with Gasteiger partial charge in [-0.1, -0.05) is 48.6 Å². The number of hydrogen-bond donors (Lipinski definition) is 3. The van der Waals surface area contributed by atoms with Crippen LogP contribution in [0.25, 0.3) is 5.57 Å². The van der Waals surface area contributed by atoms with E-state index < -0.39 is 17.6 Å². The summed E-state index contributed by atoms with van der Waals surface area (Å²) in [5.74, 6) is -1.25. The van der Waals surface area contributed by atoms with Crippen molar-refractivity contribution in [3.63, 3.8) is 0 Å². The molecule has 96 valence electrons. The van der Waals surface area contributed by atoms with Crippen LogP contribution in [0.1, 0.15) is 5.56 Å². The van der Waals surface area contributed by atoms with Crippen molar-refractivity contribution in [2.45, 2.75) is 11.6 Å². The summed E-state index contributed by atoms with van der Waals surface area (Å²) in [4.78, 5) is 11.1. The number of nitrogens with two attached hydrogens (primary N) is 1. The van der Waals surface area contributed by atoms with Crippen molar-refractivity contribution in [1.82, 2.24) is 0 Å². The highest BCUT2D eigenvalue weighted by Gasteiger charge is 2.42. The average molecular weight is 268 g/mol. The number of aliphatic hydroxyl groups excluding tert-OH is 1. The lowest BCUT2D eigenvalue weighted by Gasteiger charge is -2.31. The fraction of sp³-hybridized carbons (Fsp3) is 0.154. The number of hydrogen-bond acceptors (Lipinski definition) is 3.